The van der Waals surface area contributed by atoms with E-state index in [0.29, 0.717) is 24.0 Å². The Kier molecular flexibility index (Phi) is 6.84. The maximum absolute atomic E-state index is 12.5. The molecule has 0 saturated carbocycles. The second-order valence-electron chi connectivity index (χ2n) is 5.65. The van der Waals surface area contributed by atoms with E-state index >= 15 is 0 Å². The van der Waals surface area contributed by atoms with Gasteiger partial charge in [-0.05, 0) is 36.1 Å². The van der Waals surface area contributed by atoms with Crippen molar-refractivity contribution in [3.8, 4) is 0 Å². The summed E-state index contributed by atoms with van der Waals surface area (Å²) in [5.41, 5.74) is 2.26. The highest BCUT2D eigenvalue weighted by atomic mass is 32.2. The smallest absolute Gasteiger partial charge is 0.242 e. The predicted molar refractivity (Wildman–Crippen MR) is 87.9 cm³/mol. The number of benzene rings is 1. The van der Waals surface area contributed by atoms with Crippen molar-refractivity contribution in [3.63, 3.8) is 0 Å². The molecule has 0 atom stereocenters. The zero-order valence-corrected chi connectivity index (χ0v) is 14.6. The van der Waals surface area contributed by atoms with E-state index in [2.05, 4.69) is 26.1 Å². The molecule has 0 heterocycles. The normalized spacial score (nSPS) is 12.3. The van der Waals surface area contributed by atoms with Crippen LogP contribution in [0.1, 0.15) is 45.2 Å². The van der Waals surface area contributed by atoms with Crippen molar-refractivity contribution < 1.29 is 8.42 Å². The topological polar surface area (TPSA) is 49.4 Å². The average Bonchev–Trinajstić information content (AvgIpc) is 2.44. The minimum absolute atomic E-state index is 0.373. The first-order valence-electron chi connectivity index (χ1n) is 7.64. The van der Waals surface area contributed by atoms with E-state index in [1.807, 2.05) is 19.1 Å². The Balaban J connectivity index is 3.12. The van der Waals surface area contributed by atoms with Crippen LogP contribution in [0.3, 0.4) is 0 Å². The summed E-state index contributed by atoms with van der Waals surface area (Å²) in [4.78, 5) is 0.385. The Bertz CT molecular complexity index is 553. The van der Waals surface area contributed by atoms with Crippen LogP contribution in [0.5, 0.6) is 0 Å². The van der Waals surface area contributed by atoms with Gasteiger partial charge in [0.25, 0.3) is 0 Å². The Morgan fingerprint density at radius 2 is 1.86 bits per heavy atom. The molecule has 5 heteroatoms. The molecule has 1 rings (SSSR count). The van der Waals surface area contributed by atoms with E-state index in [1.54, 1.807) is 13.1 Å². The standard InChI is InChI=1S/C16H28N2O2S/c1-6-10-18(5)21(19,20)16-9-8-14(7-2)15(11-16)12-17-13(3)4/h8-9,11,13,17H,6-7,10,12H2,1-5H3. The quantitative estimate of drug-likeness (QED) is 0.803. The lowest BCUT2D eigenvalue weighted by Gasteiger charge is -2.18. The summed E-state index contributed by atoms with van der Waals surface area (Å²) in [5, 5.41) is 3.36. The summed E-state index contributed by atoms with van der Waals surface area (Å²) >= 11 is 0. The summed E-state index contributed by atoms with van der Waals surface area (Å²) in [6.07, 6.45) is 1.71. The zero-order valence-electron chi connectivity index (χ0n) is 13.8. The van der Waals surface area contributed by atoms with Crippen LogP contribution < -0.4 is 5.32 Å². The predicted octanol–water partition coefficient (Wildman–Crippen LogP) is 2.78. The van der Waals surface area contributed by atoms with Gasteiger partial charge in [0.1, 0.15) is 0 Å². The number of hydrogen-bond donors (Lipinski definition) is 1. The summed E-state index contributed by atoms with van der Waals surface area (Å²) in [6, 6.07) is 5.84. The third-order valence-electron chi connectivity index (χ3n) is 3.51. The molecule has 21 heavy (non-hydrogen) atoms. The van der Waals surface area contributed by atoms with Crippen molar-refractivity contribution in [2.75, 3.05) is 13.6 Å². The van der Waals surface area contributed by atoms with E-state index in [-0.39, 0.29) is 0 Å². The summed E-state index contributed by atoms with van der Waals surface area (Å²) in [7, 11) is -1.74. The summed E-state index contributed by atoms with van der Waals surface area (Å²) in [6.45, 7) is 9.47. The van der Waals surface area contributed by atoms with Crippen LogP contribution in [-0.4, -0.2) is 32.4 Å². The lowest BCUT2D eigenvalue weighted by atomic mass is 10.1. The van der Waals surface area contributed by atoms with Crippen LogP contribution in [0.15, 0.2) is 23.1 Å². The van der Waals surface area contributed by atoms with Gasteiger partial charge in [-0.1, -0.05) is 33.8 Å². The number of rotatable bonds is 8. The third-order valence-corrected chi connectivity index (χ3v) is 5.36. The molecule has 0 aliphatic carbocycles. The Hall–Kier alpha value is -0.910. The van der Waals surface area contributed by atoms with E-state index in [4.69, 9.17) is 0 Å². The van der Waals surface area contributed by atoms with Crippen LogP contribution in [-0.2, 0) is 23.0 Å². The lowest BCUT2D eigenvalue weighted by Crippen LogP contribution is -2.28. The van der Waals surface area contributed by atoms with Gasteiger partial charge in [-0.3, -0.25) is 0 Å². The highest BCUT2D eigenvalue weighted by Crippen LogP contribution is 2.20. The Labute approximate surface area is 129 Å². The summed E-state index contributed by atoms with van der Waals surface area (Å²) < 4.78 is 26.5. The zero-order chi connectivity index (χ0) is 16.0. The second-order valence-corrected chi connectivity index (χ2v) is 7.69. The van der Waals surface area contributed by atoms with Gasteiger partial charge in [0.2, 0.25) is 10.0 Å². The van der Waals surface area contributed by atoms with Crippen LogP contribution in [0.4, 0.5) is 0 Å². The van der Waals surface area contributed by atoms with Crippen LogP contribution in [0, 0.1) is 0 Å². The van der Waals surface area contributed by atoms with Crippen molar-refractivity contribution in [2.45, 2.75) is 58.0 Å². The molecule has 0 bridgehead atoms. The van der Waals surface area contributed by atoms with Gasteiger partial charge in [-0.15, -0.1) is 0 Å². The maximum Gasteiger partial charge on any atom is 0.242 e. The van der Waals surface area contributed by atoms with Crippen molar-refractivity contribution in [3.05, 3.63) is 29.3 Å². The molecule has 1 aromatic rings. The monoisotopic (exact) mass is 312 g/mol. The Morgan fingerprint density at radius 1 is 1.19 bits per heavy atom. The first kappa shape index (κ1) is 18.1. The molecule has 0 aromatic heterocycles. The van der Waals surface area contributed by atoms with Crippen LogP contribution in [0.2, 0.25) is 0 Å². The van der Waals surface area contributed by atoms with Gasteiger partial charge >= 0.3 is 0 Å². The van der Waals surface area contributed by atoms with Gasteiger partial charge in [0.15, 0.2) is 0 Å². The van der Waals surface area contributed by atoms with E-state index in [9.17, 15) is 8.42 Å². The van der Waals surface area contributed by atoms with E-state index in [1.165, 1.54) is 9.87 Å². The molecule has 0 radical (unpaired) electrons. The molecule has 0 spiro atoms. The molecule has 4 nitrogen and oxygen atoms in total. The second kappa shape index (κ2) is 7.92. The van der Waals surface area contributed by atoms with Gasteiger partial charge < -0.3 is 5.32 Å². The minimum atomic E-state index is -3.38. The molecular weight excluding hydrogens is 284 g/mol. The van der Waals surface area contributed by atoms with Crippen molar-refractivity contribution >= 4 is 10.0 Å². The number of nitrogens with zero attached hydrogens (tertiary/aromatic N) is 1. The lowest BCUT2D eigenvalue weighted by molar-refractivity contribution is 0.468. The van der Waals surface area contributed by atoms with E-state index in [0.717, 1.165) is 18.4 Å². The molecule has 120 valence electrons. The molecule has 0 fully saturated rings. The first-order valence-corrected chi connectivity index (χ1v) is 9.08. The highest BCUT2D eigenvalue weighted by Gasteiger charge is 2.20. The molecule has 0 saturated heterocycles. The van der Waals surface area contributed by atoms with Gasteiger partial charge in [0, 0.05) is 26.2 Å². The molecule has 1 aromatic carbocycles. The van der Waals surface area contributed by atoms with Crippen molar-refractivity contribution in [1.82, 2.24) is 9.62 Å². The molecular formula is C16H28N2O2S. The largest absolute Gasteiger partial charge is 0.310 e. The van der Waals surface area contributed by atoms with Gasteiger partial charge in [-0.25, -0.2) is 12.7 Å². The number of aryl methyl sites for hydroxylation is 1. The minimum Gasteiger partial charge on any atom is -0.310 e. The fraction of sp³-hybridized carbons (Fsp3) is 0.625. The van der Waals surface area contributed by atoms with Gasteiger partial charge in [-0.2, -0.15) is 0 Å². The highest BCUT2D eigenvalue weighted by molar-refractivity contribution is 7.89. The first-order chi connectivity index (χ1) is 9.82. The molecule has 1 N–H and O–H groups in total. The SMILES string of the molecule is CCCN(C)S(=O)(=O)c1ccc(CC)c(CNC(C)C)c1. The average molecular weight is 312 g/mol. The number of hydrogen-bond acceptors (Lipinski definition) is 3. The summed E-state index contributed by atoms with van der Waals surface area (Å²) in [5.74, 6) is 0. The van der Waals surface area contributed by atoms with Gasteiger partial charge in [0.05, 0.1) is 4.90 Å². The van der Waals surface area contributed by atoms with Crippen LogP contribution >= 0.6 is 0 Å². The Morgan fingerprint density at radius 3 is 2.38 bits per heavy atom. The molecule has 0 aliphatic heterocycles. The fourth-order valence-corrected chi connectivity index (χ4v) is 3.52. The number of sulfonamides is 1. The maximum atomic E-state index is 12.5. The fourth-order valence-electron chi connectivity index (χ4n) is 2.20. The number of nitrogens with one attached hydrogen (secondary N) is 1. The third kappa shape index (κ3) is 4.80. The van der Waals surface area contributed by atoms with Crippen molar-refractivity contribution in [2.24, 2.45) is 0 Å². The molecule has 0 unspecified atom stereocenters. The molecule has 0 aliphatic rings. The van der Waals surface area contributed by atoms with Crippen molar-refractivity contribution in [1.29, 1.82) is 0 Å². The molecule has 0 amide bonds. The van der Waals surface area contributed by atoms with E-state index < -0.39 is 10.0 Å². The van der Waals surface area contributed by atoms with Crippen LogP contribution in [0.25, 0.3) is 0 Å².